The number of pyridine rings is 1. The van der Waals surface area contributed by atoms with Crippen LogP contribution in [0.2, 0.25) is 5.02 Å². The first-order chi connectivity index (χ1) is 8.04. The summed E-state index contributed by atoms with van der Waals surface area (Å²) >= 11 is 9.40. The SMILES string of the molecule is CCOC(=O)N(S)C(=O)Nc1cc(Cl)ccn1. The van der Waals surface area contributed by atoms with Crippen molar-refractivity contribution >= 4 is 42.4 Å². The smallest absolute Gasteiger partial charge is 0.428 e. The van der Waals surface area contributed by atoms with Crippen LogP contribution in [0.15, 0.2) is 18.3 Å². The van der Waals surface area contributed by atoms with Gasteiger partial charge in [-0.05, 0) is 19.1 Å². The van der Waals surface area contributed by atoms with E-state index in [1.165, 1.54) is 12.3 Å². The number of urea groups is 1. The number of nitrogens with one attached hydrogen (secondary N) is 1. The van der Waals surface area contributed by atoms with Gasteiger partial charge in [0.25, 0.3) is 0 Å². The zero-order valence-electron chi connectivity index (χ0n) is 8.88. The molecule has 0 saturated carbocycles. The number of ether oxygens (including phenoxy) is 1. The van der Waals surface area contributed by atoms with E-state index >= 15 is 0 Å². The van der Waals surface area contributed by atoms with Crippen LogP contribution in [0.1, 0.15) is 6.92 Å². The minimum atomic E-state index is -0.865. The number of nitrogens with zero attached hydrogens (tertiary/aromatic N) is 2. The number of carbonyl (C=O) groups is 2. The van der Waals surface area contributed by atoms with Crippen LogP contribution in [0, 0.1) is 0 Å². The van der Waals surface area contributed by atoms with Crippen molar-refractivity contribution in [1.29, 1.82) is 0 Å². The molecule has 0 spiro atoms. The molecule has 0 saturated heterocycles. The number of hydrogen-bond donors (Lipinski definition) is 2. The Bertz CT molecular complexity index is 430. The number of imide groups is 1. The summed E-state index contributed by atoms with van der Waals surface area (Å²) in [7, 11) is 0. The average Bonchev–Trinajstić information content (AvgIpc) is 2.28. The van der Waals surface area contributed by atoms with E-state index in [2.05, 4.69) is 27.9 Å². The van der Waals surface area contributed by atoms with Crippen molar-refractivity contribution < 1.29 is 14.3 Å². The van der Waals surface area contributed by atoms with Gasteiger partial charge in [-0.2, -0.15) is 4.31 Å². The Kier molecular flexibility index (Phi) is 5.05. The molecule has 0 radical (unpaired) electrons. The molecule has 1 aromatic heterocycles. The predicted molar refractivity (Wildman–Crippen MR) is 66.1 cm³/mol. The van der Waals surface area contributed by atoms with E-state index in [0.717, 1.165) is 0 Å². The minimum Gasteiger partial charge on any atom is -0.449 e. The summed E-state index contributed by atoms with van der Waals surface area (Å²) in [6.07, 6.45) is 0.556. The van der Waals surface area contributed by atoms with Gasteiger partial charge in [0, 0.05) is 11.2 Å². The fourth-order valence-electron chi connectivity index (χ4n) is 0.903. The number of carbonyl (C=O) groups excluding carboxylic acids is 2. The van der Waals surface area contributed by atoms with Crippen LogP contribution in [-0.4, -0.2) is 28.0 Å². The van der Waals surface area contributed by atoms with Crippen LogP contribution < -0.4 is 5.32 Å². The van der Waals surface area contributed by atoms with Gasteiger partial charge < -0.3 is 4.74 Å². The summed E-state index contributed by atoms with van der Waals surface area (Å²) in [5.74, 6) is 0.214. The quantitative estimate of drug-likeness (QED) is 0.814. The molecule has 92 valence electrons. The summed E-state index contributed by atoms with van der Waals surface area (Å²) in [6, 6.07) is 2.22. The van der Waals surface area contributed by atoms with Gasteiger partial charge in [-0.3, -0.25) is 5.32 Å². The molecule has 1 heterocycles. The molecular weight excluding hydrogens is 266 g/mol. The Morgan fingerprint density at radius 3 is 2.94 bits per heavy atom. The fourth-order valence-corrected chi connectivity index (χ4v) is 1.17. The highest BCUT2D eigenvalue weighted by Crippen LogP contribution is 2.12. The van der Waals surface area contributed by atoms with Gasteiger partial charge in [-0.1, -0.05) is 24.4 Å². The Labute approximate surface area is 108 Å². The number of anilines is 1. The van der Waals surface area contributed by atoms with E-state index in [1.807, 2.05) is 0 Å². The molecule has 6 nitrogen and oxygen atoms in total. The lowest BCUT2D eigenvalue weighted by Gasteiger charge is -2.13. The molecule has 8 heteroatoms. The van der Waals surface area contributed by atoms with Gasteiger partial charge >= 0.3 is 12.1 Å². The highest BCUT2D eigenvalue weighted by Gasteiger charge is 2.19. The Balaban J connectivity index is 2.63. The first-order valence-corrected chi connectivity index (χ1v) is 5.40. The van der Waals surface area contributed by atoms with Gasteiger partial charge in [0.05, 0.1) is 6.61 Å². The summed E-state index contributed by atoms with van der Waals surface area (Å²) < 4.78 is 5.10. The highest BCUT2D eigenvalue weighted by atomic mass is 35.5. The topological polar surface area (TPSA) is 71.5 Å². The van der Waals surface area contributed by atoms with E-state index in [9.17, 15) is 9.59 Å². The second-order valence-electron chi connectivity index (χ2n) is 2.80. The molecule has 0 unspecified atom stereocenters. The van der Waals surface area contributed by atoms with Crippen molar-refractivity contribution in [2.45, 2.75) is 6.92 Å². The van der Waals surface area contributed by atoms with Crippen molar-refractivity contribution in [3.63, 3.8) is 0 Å². The monoisotopic (exact) mass is 275 g/mol. The van der Waals surface area contributed by atoms with Crippen LogP contribution in [0.3, 0.4) is 0 Å². The Morgan fingerprint density at radius 2 is 2.35 bits per heavy atom. The molecule has 0 aliphatic carbocycles. The maximum atomic E-state index is 11.5. The van der Waals surface area contributed by atoms with Gasteiger partial charge in [0.2, 0.25) is 0 Å². The first-order valence-electron chi connectivity index (χ1n) is 4.63. The van der Waals surface area contributed by atoms with Crippen LogP contribution in [-0.2, 0) is 4.74 Å². The molecule has 0 aliphatic heterocycles. The van der Waals surface area contributed by atoms with Crippen molar-refractivity contribution in [2.75, 3.05) is 11.9 Å². The van der Waals surface area contributed by atoms with Crippen molar-refractivity contribution in [2.24, 2.45) is 0 Å². The fraction of sp³-hybridized carbons (Fsp3) is 0.222. The normalized spacial score (nSPS) is 9.59. The number of hydrogen-bond acceptors (Lipinski definition) is 5. The molecule has 0 bridgehead atoms. The molecule has 1 rings (SSSR count). The van der Waals surface area contributed by atoms with E-state index in [4.69, 9.17) is 11.6 Å². The van der Waals surface area contributed by atoms with E-state index in [1.54, 1.807) is 13.0 Å². The molecule has 17 heavy (non-hydrogen) atoms. The second kappa shape index (κ2) is 6.31. The maximum absolute atomic E-state index is 11.5. The Morgan fingerprint density at radius 1 is 1.65 bits per heavy atom. The Hall–Kier alpha value is -1.47. The zero-order chi connectivity index (χ0) is 12.8. The molecule has 0 aromatic carbocycles. The summed E-state index contributed by atoms with van der Waals surface area (Å²) in [6.45, 7) is 1.77. The molecular formula is C9H10ClN3O3S. The van der Waals surface area contributed by atoms with Gasteiger partial charge in [-0.15, -0.1) is 0 Å². The van der Waals surface area contributed by atoms with Crippen molar-refractivity contribution in [3.05, 3.63) is 23.4 Å². The number of thiol groups is 1. The van der Waals surface area contributed by atoms with Crippen LogP contribution in [0.4, 0.5) is 15.4 Å². The third kappa shape index (κ3) is 4.12. The number of halogens is 1. The minimum absolute atomic E-state index is 0.151. The van der Waals surface area contributed by atoms with Gasteiger partial charge in [0.1, 0.15) is 5.82 Å². The highest BCUT2D eigenvalue weighted by molar-refractivity contribution is 7.79. The van der Waals surface area contributed by atoms with E-state index in [-0.39, 0.29) is 12.4 Å². The molecule has 1 aromatic rings. The number of amides is 3. The summed E-state index contributed by atoms with van der Waals surface area (Å²) in [4.78, 5) is 26.5. The van der Waals surface area contributed by atoms with E-state index < -0.39 is 12.1 Å². The lowest BCUT2D eigenvalue weighted by Crippen LogP contribution is -2.33. The number of aromatic nitrogens is 1. The molecule has 0 aliphatic rings. The largest absolute Gasteiger partial charge is 0.449 e. The third-order valence-electron chi connectivity index (χ3n) is 1.59. The molecule has 3 amide bonds. The van der Waals surface area contributed by atoms with E-state index in [0.29, 0.717) is 9.33 Å². The summed E-state index contributed by atoms with van der Waals surface area (Å²) in [5, 5.41) is 2.75. The molecule has 1 N–H and O–H groups in total. The zero-order valence-corrected chi connectivity index (χ0v) is 10.5. The predicted octanol–water partition coefficient (Wildman–Crippen LogP) is 2.57. The number of rotatable bonds is 2. The standard InChI is InChI=1S/C9H10ClN3O3S/c1-2-16-9(15)13(17)8(14)12-7-5-6(10)3-4-11-7/h3-5,17H,2H2,1H3,(H,11,12,14). The van der Waals surface area contributed by atoms with Crippen molar-refractivity contribution in [1.82, 2.24) is 9.29 Å². The lowest BCUT2D eigenvalue weighted by atomic mass is 10.4. The lowest BCUT2D eigenvalue weighted by molar-refractivity contribution is 0.138. The van der Waals surface area contributed by atoms with Crippen molar-refractivity contribution in [3.8, 4) is 0 Å². The van der Waals surface area contributed by atoms with Gasteiger partial charge in [0.15, 0.2) is 0 Å². The molecule has 0 fully saturated rings. The summed E-state index contributed by atoms with van der Waals surface area (Å²) in [5.41, 5.74) is 0. The maximum Gasteiger partial charge on any atom is 0.428 e. The average molecular weight is 276 g/mol. The first kappa shape index (κ1) is 13.6. The third-order valence-corrected chi connectivity index (χ3v) is 2.17. The second-order valence-corrected chi connectivity index (χ2v) is 3.64. The van der Waals surface area contributed by atoms with Gasteiger partial charge in [-0.25, -0.2) is 14.6 Å². The van der Waals surface area contributed by atoms with Crippen LogP contribution in [0.5, 0.6) is 0 Å². The molecule has 0 atom stereocenters. The van der Waals surface area contributed by atoms with Crippen LogP contribution >= 0.6 is 24.4 Å². The van der Waals surface area contributed by atoms with Crippen LogP contribution in [0.25, 0.3) is 0 Å².